The van der Waals surface area contributed by atoms with Gasteiger partial charge in [-0.2, -0.15) is 13.2 Å². The molecule has 0 saturated heterocycles. The van der Waals surface area contributed by atoms with Gasteiger partial charge in [-0.05, 0) is 42.5 Å². The summed E-state index contributed by atoms with van der Waals surface area (Å²) in [5.41, 5.74) is -1.16. The molecule has 0 heterocycles. The lowest BCUT2D eigenvalue weighted by Gasteiger charge is -2.25. The summed E-state index contributed by atoms with van der Waals surface area (Å²) in [5, 5.41) is 2.53. The number of rotatable bonds is 8. The van der Waals surface area contributed by atoms with Crippen LogP contribution in [0.1, 0.15) is 5.56 Å². The molecule has 0 spiro atoms. The number of hydrogen-bond donors (Lipinski definition) is 1. The summed E-state index contributed by atoms with van der Waals surface area (Å²) >= 11 is 0. The first-order chi connectivity index (χ1) is 16.1. The average molecular weight is 494 g/mol. The maximum Gasteiger partial charge on any atom is 0.416 e. The second-order valence-electron chi connectivity index (χ2n) is 6.99. The Morgan fingerprint density at radius 2 is 1.65 bits per heavy atom. The summed E-state index contributed by atoms with van der Waals surface area (Å²) in [5.74, 6) is -0.114. The van der Waals surface area contributed by atoms with E-state index >= 15 is 0 Å². The fourth-order valence-electron chi connectivity index (χ4n) is 3.10. The minimum Gasteiger partial charge on any atom is -0.497 e. The van der Waals surface area contributed by atoms with Crippen LogP contribution in [0.15, 0.2) is 77.7 Å². The smallest absolute Gasteiger partial charge is 0.416 e. The molecule has 0 aliphatic heterocycles. The molecule has 11 heteroatoms. The van der Waals surface area contributed by atoms with Crippen LogP contribution in [0.3, 0.4) is 0 Å². The van der Waals surface area contributed by atoms with Crippen molar-refractivity contribution in [1.82, 2.24) is 0 Å². The van der Waals surface area contributed by atoms with Crippen molar-refractivity contribution in [3.05, 3.63) is 78.4 Å². The number of alkyl halides is 3. The maximum absolute atomic E-state index is 13.3. The number of methoxy groups -OCH3 is 2. The van der Waals surface area contributed by atoms with Crippen LogP contribution in [0.5, 0.6) is 11.5 Å². The highest BCUT2D eigenvalue weighted by Gasteiger charge is 2.33. The molecule has 7 nitrogen and oxygen atoms in total. The molecule has 3 aromatic carbocycles. The van der Waals surface area contributed by atoms with Gasteiger partial charge in [0.2, 0.25) is 5.91 Å². The van der Waals surface area contributed by atoms with Crippen LogP contribution >= 0.6 is 0 Å². The first kappa shape index (κ1) is 24.9. The second kappa shape index (κ2) is 10.0. The van der Waals surface area contributed by atoms with Crippen molar-refractivity contribution in [3.8, 4) is 11.5 Å². The molecular weight excluding hydrogens is 473 g/mol. The van der Waals surface area contributed by atoms with Crippen molar-refractivity contribution in [2.24, 2.45) is 0 Å². The molecule has 3 rings (SSSR count). The van der Waals surface area contributed by atoms with Gasteiger partial charge in [0.25, 0.3) is 10.0 Å². The van der Waals surface area contributed by atoms with E-state index in [-0.39, 0.29) is 22.0 Å². The van der Waals surface area contributed by atoms with E-state index in [1.807, 2.05) is 0 Å². The Bertz CT molecular complexity index is 1270. The Hall–Kier alpha value is -3.73. The van der Waals surface area contributed by atoms with E-state index in [0.717, 1.165) is 12.1 Å². The fraction of sp³-hybridized carbons (Fsp3) is 0.174. The van der Waals surface area contributed by atoms with Crippen molar-refractivity contribution < 1.29 is 35.9 Å². The summed E-state index contributed by atoms with van der Waals surface area (Å²) in [6.07, 6.45) is -4.70. The minimum atomic E-state index is -4.70. The number of benzene rings is 3. The molecule has 3 aromatic rings. The Morgan fingerprint density at radius 3 is 2.26 bits per heavy atom. The summed E-state index contributed by atoms with van der Waals surface area (Å²) in [4.78, 5) is 12.7. The normalized spacial score (nSPS) is 11.6. The molecule has 0 saturated carbocycles. The molecule has 0 fully saturated rings. The molecule has 1 N–H and O–H groups in total. The maximum atomic E-state index is 13.3. The predicted octanol–water partition coefficient (Wildman–Crippen LogP) is 4.56. The number of sulfonamides is 1. The molecule has 0 aromatic heterocycles. The van der Waals surface area contributed by atoms with Crippen molar-refractivity contribution >= 4 is 27.3 Å². The number of hydrogen-bond acceptors (Lipinski definition) is 5. The summed E-state index contributed by atoms with van der Waals surface area (Å²) in [6.45, 7) is -0.793. The molecule has 0 atom stereocenters. The van der Waals surface area contributed by atoms with Gasteiger partial charge in [-0.15, -0.1) is 0 Å². The van der Waals surface area contributed by atoms with Crippen molar-refractivity contribution in [1.29, 1.82) is 0 Å². The summed E-state index contributed by atoms with van der Waals surface area (Å²) in [6, 6.07) is 15.5. The Morgan fingerprint density at radius 1 is 0.941 bits per heavy atom. The van der Waals surface area contributed by atoms with Crippen molar-refractivity contribution in [2.75, 3.05) is 30.4 Å². The number of nitrogens with zero attached hydrogens (tertiary/aromatic N) is 1. The van der Waals surface area contributed by atoms with Crippen molar-refractivity contribution in [3.63, 3.8) is 0 Å². The molecule has 0 bridgehead atoms. The molecule has 0 aliphatic carbocycles. The molecule has 0 unspecified atom stereocenters. The molecule has 0 radical (unpaired) electrons. The molecular formula is C23H21F3N2O5S. The van der Waals surface area contributed by atoms with Gasteiger partial charge in [0.1, 0.15) is 18.0 Å². The third-order valence-electron chi connectivity index (χ3n) is 4.76. The number of carbonyl (C=O) groups excluding carboxylic acids is 1. The lowest BCUT2D eigenvalue weighted by atomic mass is 10.2. The lowest BCUT2D eigenvalue weighted by molar-refractivity contribution is -0.137. The zero-order valence-electron chi connectivity index (χ0n) is 18.2. The highest BCUT2D eigenvalue weighted by molar-refractivity contribution is 7.92. The van der Waals surface area contributed by atoms with Gasteiger partial charge in [0, 0.05) is 6.07 Å². The van der Waals surface area contributed by atoms with E-state index in [0.29, 0.717) is 16.1 Å². The first-order valence-corrected chi connectivity index (χ1v) is 11.3. The number of halogens is 3. The predicted molar refractivity (Wildman–Crippen MR) is 121 cm³/mol. The Kier molecular flexibility index (Phi) is 7.35. The third-order valence-corrected chi connectivity index (χ3v) is 6.55. The van der Waals surface area contributed by atoms with E-state index in [9.17, 15) is 26.4 Å². The Balaban J connectivity index is 2.01. The van der Waals surface area contributed by atoms with E-state index in [1.165, 1.54) is 50.6 Å². The largest absolute Gasteiger partial charge is 0.497 e. The van der Waals surface area contributed by atoms with Crippen LogP contribution in [0, 0.1) is 0 Å². The fourth-order valence-corrected chi connectivity index (χ4v) is 4.54. The average Bonchev–Trinajstić information content (AvgIpc) is 2.82. The van der Waals surface area contributed by atoms with Crippen LogP contribution in [0.4, 0.5) is 24.5 Å². The number of amides is 1. The highest BCUT2D eigenvalue weighted by atomic mass is 32.2. The van der Waals surface area contributed by atoms with E-state index in [2.05, 4.69) is 5.32 Å². The molecule has 34 heavy (non-hydrogen) atoms. The molecule has 180 valence electrons. The summed E-state index contributed by atoms with van der Waals surface area (Å²) < 4.78 is 77.4. The van der Waals surface area contributed by atoms with Crippen molar-refractivity contribution in [2.45, 2.75) is 11.1 Å². The quantitative estimate of drug-likeness (QED) is 0.497. The van der Waals surface area contributed by atoms with Gasteiger partial charge >= 0.3 is 6.18 Å². The summed E-state index contributed by atoms with van der Waals surface area (Å²) in [7, 11) is -1.58. The Labute approximate surface area is 194 Å². The SMILES string of the molecule is COc1ccc(OC)c(NC(=O)CN(c2cccc(C(F)(F)F)c2)S(=O)(=O)c2ccccc2)c1. The highest BCUT2D eigenvalue weighted by Crippen LogP contribution is 2.34. The zero-order chi connectivity index (χ0) is 24.9. The minimum absolute atomic E-state index is 0.181. The number of carbonyl (C=O) groups is 1. The van der Waals surface area contributed by atoms with E-state index in [1.54, 1.807) is 18.2 Å². The molecule has 1 amide bonds. The van der Waals surface area contributed by atoms with Gasteiger partial charge in [-0.3, -0.25) is 9.10 Å². The van der Waals surface area contributed by atoms with Gasteiger partial charge in [-0.1, -0.05) is 24.3 Å². The zero-order valence-corrected chi connectivity index (χ0v) is 19.0. The number of anilines is 2. The lowest BCUT2D eigenvalue weighted by Crippen LogP contribution is -2.38. The standard InChI is InChI=1S/C23H21F3N2O5S/c1-32-18-11-12-21(33-2)20(14-18)27-22(29)15-28(34(30,31)19-9-4-3-5-10-19)17-8-6-7-16(13-17)23(24,25)26/h3-14H,15H2,1-2H3,(H,27,29). The van der Waals surface area contributed by atoms with Crippen LogP contribution in [-0.4, -0.2) is 35.1 Å². The molecule has 0 aliphatic rings. The van der Waals surface area contributed by atoms with E-state index in [4.69, 9.17) is 9.47 Å². The topological polar surface area (TPSA) is 84.9 Å². The van der Waals surface area contributed by atoms with Gasteiger partial charge < -0.3 is 14.8 Å². The first-order valence-electron chi connectivity index (χ1n) is 9.83. The second-order valence-corrected chi connectivity index (χ2v) is 8.85. The van der Waals surface area contributed by atoms with Crippen LogP contribution in [-0.2, 0) is 21.0 Å². The third kappa shape index (κ3) is 5.60. The van der Waals surface area contributed by atoms with Crippen LogP contribution in [0.25, 0.3) is 0 Å². The number of ether oxygens (including phenoxy) is 2. The van der Waals surface area contributed by atoms with Gasteiger partial charge in [0.05, 0.1) is 36.1 Å². The van der Waals surface area contributed by atoms with Crippen LogP contribution < -0.4 is 19.1 Å². The van der Waals surface area contributed by atoms with Gasteiger partial charge in [0.15, 0.2) is 0 Å². The van der Waals surface area contributed by atoms with E-state index < -0.39 is 34.2 Å². The van der Waals surface area contributed by atoms with Crippen LogP contribution in [0.2, 0.25) is 0 Å². The number of nitrogens with one attached hydrogen (secondary N) is 1. The monoisotopic (exact) mass is 494 g/mol. The van der Waals surface area contributed by atoms with Gasteiger partial charge in [-0.25, -0.2) is 8.42 Å².